The summed E-state index contributed by atoms with van der Waals surface area (Å²) in [6.07, 6.45) is 0. The minimum absolute atomic E-state index is 0.206. The van der Waals surface area contributed by atoms with Crippen molar-refractivity contribution in [1.29, 1.82) is 0 Å². The standard InChI is InChI=1S/C13H7BrF5N/c14-7-2-11(18)13(12(19)3-7)20-5-6-1-9(16)10(17)4-8(6)15/h1-4,20H,5H2. The third kappa shape index (κ3) is 3.09. The first-order valence-corrected chi connectivity index (χ1v) is 6.19. The SMILES string of the molecule is Fc1cc(F)c(CNc2c(F)cc(Br)cc2F)cc1F. The number of hydrogen-bond donors (Lipinski definition) is 1. The van der Waals surface area contributed by atoms with E-state index in [0.29, 0.717) is 12.1 Å². The van der Waals surface area contributed by atoms with Gasteiger partial charge in [-0.1, -0.05) is 15.9 Å². The molecule has 0 unspecified atom stereocenters. The molecule has 0 amide bonds. The maximum absolute atomic E-state index is 13.5. The second-order valence-corrected chi connectivity index (χ2v) is 4.87. The van der Waals surface area contributed by atoms with Crippen LogP contribution < -0.4 is 5.32 Å². The van der Waals surface area contributed by atoms with E-state index in [1.807, 2.05) is 0 Å². The zero-order chi connectivity index (χ0) is 14.9. The Morgan fingerprint density at radius 2 is 1.30 bits per heavy atom. The Kier molecular flexibility index (Phi) is 4.27. The lowest BCUT2D eigenvalue weighted by Gasteiger charge is -2.10. The van der Waals surface area contributed by atoms with Crippen LogP contribution in [-0.4, -0.2) is 0 Å². The van der Waals surface area contributed by atoms with Gasteiger partial charge in [0.1, 0.15) is 23.1 Å². The number of rotatable bonds is 3. The van der Waals surface area contributed by atoms with Crippen molar-refractivity contribution in [3.8, 4) is 0 Å². The zero-order valence-electron chi connectivity index (χ0n) is 9.78. The summed E-state index contributed by atoms with van der Waals surface area (Å²) in [5, 5.41) is 2.31. The van der Waals surface area contributed by atoms with E-state index < -0.39 is 41.3 Å². The summed E-state index contributed by atoms with van der Waals surface area (Å²) < 4.78 is 66.3. The van der Waals surface area contributed by atoms with Crippen LogP contribution in [0.4, 0.5) is 27.6 Å². The van der Waals surface area contributed by atoms with E-state index in [1.54, 1.807) is 0 Å². The van der Waals surface area contributed by atoms with E-state index in [1.165, 1.54) is 0 Å². The average molecular weight is 352 g/mol. The summed E-state index contributed by atoms with van der Waals surface area (Å²) >= 11 is 2.91. The molecule has 106 valence electrons. The minimum atomic E-state index is -1.33. The first kappa shape index (κ1) is 14.8. The van der Waals surface area contributed by atoms with Gasteiger partial charge in [0, 0.05) is 22.6 Å². The van der Waals surface area contributed by atoms with Crippen molar-refractivity contribution in [3.63, 3.8) is 0 Å². The van der Waals surface area contributed by atoms with Crippen molar-refractivity contribution in [3.05, 3.63) is 63.4 Å². The third-order valence-corrected chi connectivity index (χ3v) is 3.01. The van der Waals surface area contributed by atoms with Gasteiger partial charge in [0.2, 0.25) is 0 Å². The van der Waals surface area contributed by atoms with Crippen LogP contribution in [0.15, 0.2) is 28.7 Å². The molecule has 0 radical (unpaired) electrons. The van der Waals surface area contributed by atoms with Gasteiger partial charge in [-0.25, -0.2) is 22.0 Å². The molecule has 0 fully saturated rings. The molecule has 0 heterocycles. The van der Waals surface area contributed by atoms with Crippen molar-refractivity contribution >= 4 is 21.6 Å². The Bertz CT molecular complexity index is 636. The fraction of sp³-hybridized carbons (Fsp3) is 0.0769. The van der Waals surface area contributed by atoms with Gasteiger partial charge in [0.05, 0.1) is 0 Å². The molecule has 0 saturated heterocycles. The van der Waals surface area contributed by atoms with Crippen LogP contribution in [0.1, 0.15) is 5.56 Å². The lowest BCUT2D eigenvalue weighted by atomic mass is 10.2. The Balaban J connectivity index is 2.23. The highest BCUT2D eigenvalue weighted by Crippen LogP contribution is 2.24. The molecule has 0 aliphatic heterocycles. The number of halogens is 6. The lowest BCUT2D eigenvalue weighted by Crippen LogP contribution is -2.06. The Hall–Kier alpha value is -1.63. The average Bonchev–Trinajstić information content (AvgIpc) is 2.33. The first-order valence-electron chi connectivity index (χ1n) is 5.40. The van der Waals surface area contributed by atoms with E-state index in [0.717, 1.165) is 12.1 Å². The van der Waals surface area contributed by atoms with Crippen LogP contribution in [0, 0.1) is 29.1 Å². The quantitative estimate of drug-likeness (QED) is 0.621. The number of hydrogen-bond acceptors (Lipinski definition) is 1. The monoisotopic (exact) mass is 351 g/mol. The van der Waals surface area contributed by atoms with Crippen LogP contribution in [-0.2, 0) is 6.54 Å². The summed E-state index contributed by atoms with van der Waals surface area (Å²) in [6, 6.07) is 3.05. The maximum atomic E-state index is 13.5. The molecule has 2 aromatic carbocycles. The molecule has 0 aliphatic rings. The lowest BCUT2D eigenvalue weighted by molar-refractivity contribution is 0.490. The molecule has 0 spiro atoms. The molecule has 0 saturated carbocycles. The van der Waals surface area contributed by atoms with Crippen molar-refractivity contribution < 1.29 is 22.0 Å². The van der Waals surface area contributed by atoms with Gasteiger partial charge in [-0.2, -0.15) is 0 Å². The van der Waals surface area contributed by atoms with Gasteiger partial charge in [0.25, 0.3) is 0 Å². The maximum Gasteiger partial charge on any atom is 0.161 e. The molecule has 0 bridgehead atoms. The number of nitrogens with one attached hydrogen (secondary N) is 1. The van der Waals surface area contributed by atoms with Gasteiger partial charge >= 0.3 is 0 Å². The third-order valence-electron chi connectivity index (χ3n) is 2.55. The summed E-state index contributed by atoms with van der Waals surface area (Å²) in [5.74, 6) is -5.35. The fourth-order valence-corrected chi connectivity index (χ4v) is 2.00. The number of anilines is 1. The summed E-state index contributed by atoms with van der Waals surface area (Å²) in [5.41, 5.74) is -0.719. The van der Waals surface area contributed by atoms with Crippen molar-refractivity contribution in [2.45, 2.75) is 6.54 Å². The molecule has 0 aliphatic carbocycles. The molecule has 0 atom stereocenters. The molecule has 1 nitrogen and oxygen atoms in total. The summed E-state index contributed by atoms with van der Waals surface area (Å²) in [6.45, 7) is -0.390. The molecule has 2 rings (SSSR count). The van der Waals surface area contributed by atoms with Gasteiger partial charge in [-0.15, -0.1) is 0 Å². The molecular weight excluding hydrogens is 345 g/mol. The highest BCUT2D eigenvalue weighted by atomic mass is 79.9. The van der Waals surface area contributed by atoms with E-state index >= 15 is 0 Å². The molecule has 7 heteroatoms. The van der Waals surface area contributed by atoms with Gasteiger partial charge in [-0.3, -0.25) is 0 Å². The molecule has 0 aromatic heterocycles. The smallest absolute Gasteiger partial charge is 0.161 e. The largest absolute Gasteiger partial charge is 0.376 e. The van der Waals surface area contributed by atoms with E-state index in [2.05, 4.69) is 21.2 Å². The fourth-order valence-electron chi connectivity index (χ4n) is 1.59. The van der Waals surface area contributed by atoms with E-state index in [9.17, 15) is 22.0 Å². The van der Waals surface area contributed by atoms with Crippen LogP contribution in [0.25, 0.3) is 0 Å². The second-order valence-electron chi connectivity index (χ2n) is 3.96. The molecular formula is C13H7BrF5N. The van der Waals surface area contributed by atoms with Crippen LogP contribution in [0.3, 0.4) is 0 Å². The zero-order valence-corrected chi connectivity index (χ0v) is 11.4. The van der Waals surface area contributed by atoms with Crippen molar-refractivity contribution in [1.82, 2.24) is 0 Å². The second kappa shape index (κ2) is 5.78. The highest BCUT2D eigenvalue weighted by Gasteiger charge is 2.13. The van der Waals surface area contributed by atoms with Crippen molar-refractivity contribution in [2.75, 3.05) is 5.32 Å². The van der Waals surface area contributed by atoms with E-state index in [-0.39, 0.29) is 10.0 Å². The molecule has 1 N–H and O–H groups in total. The van der Waals surface area contributed by atoms with Gasteiger partial charge in [0.15, 0.2) is 11.6 Å². The Morgan fingerprint density at radius 3 is 1.90 bits per heavy atom. The topological polar surface area (TPSA) is 12.0 Å². The number of benzene rings is 2. The van der Waals surface area contributed by atoms with Crippen LogP contribution in [0.2, 0.25) is 0 Å². The van der Waals surface area contributed by atoms with Crippen LogP contribution >= 0.6 is 15.9 Å². The summed E-state index contributed by atoms with van der Waals surface area (Å²) in [7, 11) is 0. The van der Waals surface area contributed by atoms with Gasteiger partial charge in [-0.05, 0) is 18.2 Å². The Labute approximate surface area is 119 Å². The predicted octanol–water partition coefficient (Wildman–Crippen LogP) is 4.76. The Morgan fingerprint density at radius 1 is 0.750 bits per heavy atom. The molecule has 2 aromatic rings. The first-order chi connectivity index (χ1) is 9.38. The van der Waals surface area contributed by atoms with Crippen molar-refractivity contribution in [2.24, 2.45) is 0 Å². The highest BCUT2D eigenvalue weighted by molar-refractivity contribution is 9.10. The normalized spacial score (nSPS) is 10.7. The minimum Gasteiger partial charge on any atom is -0.376 e. The van der Waals surface area contributed by atoms with Crippen LogP contribution in [0.5, 0.6) is 0 Å². The van der Waals surface area contributed by atoms with Gasteiger partial charge < -0.3 is 5.32 Å². The predicted molar refractivity (Wildman–Crippen MR) is 67.7 cm³/mol. The van der Waals surface area contributed by atoms with E-state index in [4.69, 9.17) is 0 Å². The molecule has 20 heavy (non-hydrogen) atoms. The summed E-state index contributed by atoms with van der Waals surface area (Å²) in [4.78, 5) is 0.